The van der Waals surface area contributed by atoms with Crippen molar-refractivity contribution >= 4 is 63.6 Å². The van der Waals surface area contributed by atoms with Crippen molar-refractivity contribution in [1.29, 1.82) is 0 Å². The Bertz CT molecular complexity index is 1980. The second kappa shape index (κ2) is 16.5. The van der Waals surface area contributed by atoms with Crippen molar-refractivity contribution in [2.45, 2.75) is 24.0 Å². The predicted molar refractivity (Wildman–Crippen MR) is 193 cm³/mol. The summed E-state index contributed by atoms with van der Waals surface area (Å²) < 4.78 is 18.8. The maximum Gasteiger partial charge on any atom is 0.341 e. The number of amides is 3. The van der Waals surface area contributed by atoms with Crippen LogP contribution in [-0.4, -0.2) is 35.5 Å². The normalized spacial score (nSPS) is 11.7. The van der Waals surface area contributed by atoms with E-state index in [1.807, 2.05) is 35.7 Å². The highest BCUT2D eigenvalue weighted by atomic mass is 32.2. The van der Waals surface area contributed by atoms with Gasteiger partial charge in [0.05, 0.1) is 11.9 Å². The molecule has 1 atom stereocenters. The van der Waals surface area contributed by atoms with Crippen LogP contribution in [0.1, 0.15) is 40.1 Å². The lowest BCUT2D eigenvalue weighted by atomic mass is 10.0. The molecular formula is C38H32FN3O5S2. The van der Waals surface area contributed by atoms with Crippen LogP contribution in [0.15, 0.2) is 125 Å². The number of esters is 1. The van der Waals surface area contributed by atoms with Gasteiger partial charge in [0.25, 0.3) is 11.8 Å². The van der Waals surface area contributed by atoms with Gasteiger partial charge in [-0.25, -0.2) is 9.18 Å². The fourth-order valence-corrected chi connectivity index (χ4v) is 6.56. The van der Waals surface area contributed by atoms with Gasteiger partial charge in [-0.05, 0) is 73.5 Å². The molecule has 1 heterocycles. The molecule has 3 N–H and O–H groups in total. The third-order valence-corrected chi connectivity index (χ3v) is 9.07. The van der Waals surface area contributed by atoms with Crippen LogP contribution in [0.5, 0.6) is 0 Å². The summed E-state index contributed by atoms with van der Waals surface area (Å²) in [7, 11) is 0. The second-order valence-corrected chi connectivity index (χ2v) is 12.9. The van der Waals surface area contributed by atoms with Crippen molar-refractivity contribution in [2.75, 3.05) is 17.2 Å². The van der Waals surface area contributed by atoms with Crippen molar-refractivity contribution < 1.29 is 28.3 Å². The highest BCUT2D eigenvalue weighted by molar-refractivity contribution is 8.00. The molecule has 11 heteroatoms. The maximum atomic E-state index is 13.5. The number of rotatable bonds is 12. The Morgan fingerprint density at radius 3 is 2.27 bits per heavy atom. The first kappa shape index (κ1) is 34.8. The van der Waals surface area contributed by atoms with Gasteiger partial charge < -0.3 is 20.7 Å². The van der Waals surface area contributed by atoms with Gasteiger partial charge in [-0.15, -0.1) is 23.1 Å². The Kier molecular flexibility index (Phi) is 11.7. The van der Waals surface area contributed by atoms with Crippen LogP contribution in [-0.2, 0) is 14.3 Å². The molecule has 0 aliphatic carbocycles. The first-order valence-corrected chi connectivity index (χ1v) is 17.0. The molecule has 1 aromatic heterocycles. The lowest BCUT2D eigenvalue weighted by molar-refractivity contribution is -0.115. The maximum absolute atomic E-state index is 13.5. The number of halogens is 1. The van der Waals surface area contributed by atoms with Crippen molar-refractivity contribution in [3.05, 3.63) is 143 Å². The van der Waals surface area contributed by atoms with Crippen molar-refractivity contribution in [1.82, 2.24) is 5.32 Å². The Hall–Kier alpha value is -5.52. The third-order valence-electron chi connectivity index (χ3n) is 7.08. The predicted octanol–water partition coefficient (Wildman–Crippen LogP) is 8.26. The fourth-order valence-electron chi connectivity index (χ4n) is 4.67. The number of hydrogen-bond acceptors (Lipinski definition) is 7. The third kappa shape index (κ3) is 9.31. The van der Waals surface area contributed by atoms with Crippen molar-refractivity contribution in [3.63, 3.8) is 0 Å². The molecule has 5 aromatic rings. The molecule has 0 bridgehead atoms. The number of benzene rings is 4. The molecule has 5 rings (SSSR count). The zero-order valence-corrected chi connectivity index (χ0v) is 28.2. The minimum atomic E-state index is -0.597. The molecule has 0 fully saturated rings. The standard InChI is InChI=1S/C38H32FN3O5S2/c1-3-47-38(46)33-31(26-11-6-4-7-12-26)23-48-37(33)42-34(43)24(2)49-30-16-10-15-29(22-30)40-36(45)32(21-25-17-19-28(39)20-18-25)41-35(44)27-13-8-5-9-14-27/h4-24H,3H2,1-2H3,(H,40,45)(H,41,44)(H,42,43)/b32-21+. The molecule has 0 saturated carbocycles. The fraction of sp³-hybridized carbons (Fsp3) is 0.105. The summed E-state index contributed by atoms with van der Waals surface area (Å²) in [5.41, 5.74) is 3.06. The summed E-state index contributed by atoms with van der Waals surface area (Å²) in [5.74, 6) is -2.35. The largest absolute Gasteiger partial charge is 0.462 e. The average Bonchev–Trinajstić information content (AvgIpc) is 3.53. The Balaban J connectivity index is 1.30. The molecule has 4 aromatic carbocycles. The van der Waals surface area contributed by atoms with E-state index in [4.69, 9.17) is 4.74 Å². The number of carbonyl (C=O) groups excluding carboxylic acids is 4. The van der Waals surface area contributed by atoms with Crippen molar-refractivity contribution in [3.8, 4) is 11.1 Å². The van der Waals surface area contributed by atoms with Gasteiger partial charge >= 0.3 is 5.97 Å². The summed E-state index contributed by atoms with van der Waals surface area (Å²) in [6, 6.07) is 30.3. The van der Waals surface area contributed by atoms with E-state index in [2.05, 4.69) is 16.0 Å². The number of anilines is 2. The van der Waals surface area contributed by atoms with E-state index < -0.39 is 28.9 Å². The topological polar surface area (TPSA) is 114 Å². The van der Waals surface area contributed by atoms with E-state index in [0.717, 1.165) is 5.56 Å². The van der Waals surface area contributed by atoms with Crippen LogP contribution >= 0.6 is 23.1 Å². The van der Waals surface area contributed by atoms with E-state index >= 15 is 0 Å². The quantitative estimate of drug-likeness (QED) is 0.0689. The van der Waals surface area contributed by atoms with Crippen LogP contribution in [0.25, 0.3) is 17.2 Å². The molecule has 8 nitrogen and oxygen atoms in total. The monoisotopic (exact) mass is 693 g/mol. The van der Waals surface area contributed by atoms with Crippen LogP contribution in [0.2, 0.25) is 0 Å². The van der Waals surface area contributed by atoms with Gasteiger partial charge in [-0.1, -0.05) is 66.7 Å². The summed E-state index contributed by atoms with van der Waals surface area (Å²) in [6.07, 6.45) is 1.46. The van der Waals surface area contributed by atoms with Gasteiger partial charge in [0.15, 0.2) is 0 Å². The average molecular weight is 694 g/mol. The smallest absolute Gasteiger partial charge is 0.341 e. The molecule has 0 aliphatic heterocycles. The molecule has 0 aliphatic rings. The Labute approximate surface area is 291 Å². The number of thioether (sulfide) groups is 1. The summed E-state index contributed by atoms with van der Waals surface area (Å²) >= 11 is 2.52. The SMILES string of the molecule is CCOC(=O)c1c(-c2ccccc2)csc1NC(=O)C(C)Sc1cccc(NC(=O)/C(=C\c2ccc(F)cc2)NC(=O)c2ccccc2)c1. The zero-order chi connectivity index (χ0) is 34.8. The van der Waals surface area contributed by atoms with Crippen LogP contribution in [0, 0.1) is 5.82 Å². The minimum absolute atomic E-state index is 0.0468. The summed E-state index contributed by atoms with van der Waals surface area (Å²) in [5, 5.41) is 10.00. The van der Waals surface area contributed by atoms with Gasteiger partial charge in [-0.2, -0.15) is 0 Å². The van der Waals surface area contributed by atoms with E-state index in [0.29, 0.717) is 37.8 Å². The zero-order valence-electron chi connectivity index (χ0n) is 26.6. The van der Waals surface area contributed by atoms with Gasteiger partial charge in [-0.3, -0.25) is 14.4 Å². The molecule has 49 heavy (non-hydrogen) atoms. The number of thiophene rings is 1. The number of carbonyl (C=O) groups is 4. The Morgan fingerprint density at radius 1 is 0.878 bits per heavy atom. The van der Waals surface area contributed by atoms with E-state index in [-0.39, 0.29) is 18.2 Å². The lowest BCUT2D eigenvalue weighted by Gasteiger charge is -2.14. The van der Waals surface area contributed by atoms with Crippen LogP contribution in [0.4, 0.5) is 15.1 Å². The lowest BCUT2D eigenvalue weighted by Crippen LogP contribution is -2.30. The number of hydrogen-bond donors (Lipinski definition) is 3. The molecule has 0 radical (unpaired) electrons. The first-order chi connectivity index (χ1) is 23.7. The summed E-state index contributed by atoms with van der Waals surface area (Å²) in [4.78, 5) is 53.4. The molecule has 3 amide bonds. The van der Waals surface area contributed by atoms with Crippen LogP contribution in [0.3, 0.4) is 0 Å². The molecule has 1 unspecified atom stereocenters. The second-order valence-electron chi connectivity index (χ2n) is 10.6. The highest BCUT2D eigenvalue weighted by Gasteiger charge is 2.25. The van der Waals surface area contributed by atoms with E-state index in [1.165, 1.54) is 53.4 Å². The minimum Gasteiger partial charge on any atom is -0.462 e. The van der Waals surface area contributed by atoms with Gasteiger partial charge in [0, 0.05) is 27.1 Å². The van der Waals surface area contributed by atoms with E-state index in [1.54, 1.807) is 68.4 Å². The number of nitrogens with one attached hydrogen (secondary N) is 3. The number of ether oxygens (including phenoxy) is 1. The highest BCUT2D eigenvalue weighted by Crippen LogP contribution is 2.37. The molecule has 0 saturated heterocycles. The molecule has 248 valence electrons. The summed E-state index contributed by atoms with van der Waals surface area (Å²) in [6.45, 7) is 3.66. The van der Waals surface area contributed by atoms with Gasteiger partial charge in [0.1, 0.15) is 22.1 Å². The first-order valence-electron chi connectivity index (χ1n) is 15.3. The van der Waals surface area contributed by atoms with E-state index in [9.17, 15) is 23.6 Å². The van der Waals surface area contributed by atoms with Gasteiger partial charge in [0.2, 0.25) is 5.91 Å². The van der Waals surface area contributed by atoms with Crippen molar-refractivity contribution in [2.24, 2.45) is 0 Å². The Morgan fingerprint density at radius 2 is 1.57 bits per heavy atom. The van der Waals surface area contributed by atoms with Crippen LogP contribution < -0.4 is 16.0 Å². The molecular weight excluding hydrogens is 662 g/mol. The molecule has 0 spiro atoms.